The Morgan fingerprint density at radius 2 is 1.68 bits per heavy atom. The highest BCUT2D eigenvalue weighted by molar-refractivity contribution is 6.31. The summed E-state index contributed by atoms with van der Waals surface area (Å²) >= 11 is 6.26. The van der Waals surface area contributed by atoms with Crippen molar-refractivity contribution >= 4 is 17.4 Å². The second-order valence-electron chi connectivity index (χ2n) is 5.70. The first-order valence-electron chi connectivity index (χ1n) is 7.26. The lowest BCUT2D eigenvalue weighted by Gasteiger charge is -2.35. The van der Waals surface area contributed by atoms with Gasteiger partial charge in [0.05, 0.1) is 11.4 Å². The van der Waals surface area contributed by atoms with Gasteiger partial charge in [0, 0.05) is 13.1 Å². The van der Waals surface area contributed by atoms with E-state index in [9.17, 15) is 0 Å². The predicted molar refractivity (Wildman–Crippen MR) is 81.0 cm³/mol. The molecule has 1 heterocycles. The molecule has 0 N–H and O–H groups in total. The van der Waals surface area contributed by atoms with Crippen molar-refractivity contribution in [2.75, 3.05) is 11.9 Å². The Kier molecular flexibility index (Phi) is 4.67. The van der Waals surface area contributed by atoms with Crippen molar-refractivity contribution in [3.8, 4) is 0 Å². The molecule has 4 heteroatoms. The van der Waals surface area contributed by atoms with Gasteiger partial charge in [-0.2, -0.15) is 0 Å². The van der Waals surface area contributed by atoms with Gasteiger partial charge in [0.2, 0.25) is 0 Å². The molecule has 1 aliphatic carbocycles. The molecule has 0 saturated heterocycles. The van der Waals surface area contributed by atoms with Crippen LogP contribution in [-0.4, -0.2) is 23.1 Å². The van der Waals surface area contributed by atoms with Crippen LogP contribution in [0.3, 0.4) is 0 Å². The van der Waals surface area contributed by atoms with E-state index in [1.54, 1.807) is 0 Å². The van der Waals surface area contributed by atoms with E-state index < -0.39 is 0 Å². The summed E-state index contributed by atoms with van der Waals surface area (Å²) < 4.78 is 0. The fraction of sp³-hybridized carbons (Fsp3) is 0.733. The first-order valence-corrected chi connectivity index (χ1v) is 7.64. The van der Waals surface area contributed by atoms with Gasteiger partial charge in [-0.25, -0.2) is 9.97 Å². The summed E-state index contributed by atoms with van der Waals surface area (Å²) in [6, 6.07) is 0.553. The lowest BCUT2D eigenvalue weighted by Crippen LogP contribution is -2.36. The third kappa shape index (κ3) is 3.19. The molecule has 0 bridgehead atoms. The van der Waals surface area contributed by atoms with Crippen molar-refractivity contribution in [2.45, 2.75) is 58.9 Å². The zero-order valence-corrected chi connectivity index (χ0v) is 13.2. The van der Waals surface area contributed by atoms with Crippen LogP contribution in [0.2, 0.25) is 5.15 Å². The molecule has 0 amide bonds. The van der Waals surface area contributed by atoms with E-state index in [4.69, 9.17) is 11.6 Å². The number of rotatable bonds is 3. The molecule has 19 heavy (non-hydrogen) atoms. The van der Waals surface area contributed by atoms with Crippen molar-refractivity contribution in [2.24, 2.45) is 5.92 Å². The van der Waals surface area contributed by atoms with Crippen molar-refractivity contribution in [3.05, 3.63) is 16.5 Å². The molecule has 2 rings (SSSR count). The predicted octanol–water partition coefficient (Wildman–Crippen LogP) is 4.15. The molecule has 0 radical (unpaired) electrons. The van der Waals surface area contributed by atoms with Gasteiger partial charge in [-0.05, 0) is 45.4 Å². The number of halogens is 1. The number of anilines is 1. The number of aryl methyl sites for hydroxylation is 2. The van der Waals surface area contributed by atoms with Crippen LogP contribution in [0.1, 0.15) is 50.4 Å². The molecule has 1 saturated carbocycles. The molecule has 0 atom stereocenters. The van der Waals surface area contributed by atoms with Gasteiger partial charge in [0.1, 0.15) is 0 Å². The molecule has 1 aromatic rings. The summed E-state index contributed by atoms with van der Waals surface area (Å²) in [4.78, 5) is 11.2. The third-order valence-corrected chi connectivity index (χ3v) is 4.78. The van der Waals surface area contributed by atoms with Gasteiger partial charge in [-0.15, -0.1) is 0 Å². The molecule has 0 spiro atoms. The SMILES string of the molecule is CCC1CCC(N(C)c2nc(C)c(C)nc2Cl)CC1. The molecule has 0 aromatic carbocycles. The maximum atomic E-state index is 6.26. The van der Waals surface area contributed by atoms with Crippen molar-refractivity contribution in [1.82, 2.24) is 9.97 Å². The fourth-order valence-electron chi connectivity index (χ4n) is 2.90. The van der Waals surface area contributed by atoms with Crippen LogP contribution in [0.15, 0.2) is 0 Å². The van der Waals surface area contributed by atoms with E-state index in [0.717, 1.165) is 23.1 Å². The Balaban J connectivity index is 2.12. The third-order valence-electron chi connectivity index (χ3n) is 4.52. The highest BCUT2D eigenvalue weighted by Crippen LogP contribution is 2.32. The van der Waals surface area contributed by atoms with Gasteiger partial charge < -0.3 is 4.90 Å². The summed E-state index contributed by atoms with van der Waals surface area (Å²) in [5.74, 6) is 1.75. The van der Waals surface area contributed by atoms with Crippen LogP contribution in [-0.2, 0) is 0 Å². The molecule has 3 nitrogen and oxygen atoms in total. The van der Waals surface area contributed by atoms with Gasteiger partial charge in [-0.3, -0.25) is 0 Å². The van der Waals surface area contributed by atoms with Crippen LogP contribution >= 0.6 is 11.6 Å². The Bertz CT molecular complexity index is 439. The molecule has 106 valence electrons. The summed E-state index contributed by atoms with van der Waals surface area (Å²) in [5.41, 5.74) is 1.88. The summed E-state index contributed by atoms with van der Waals surface area (Å²) in [7, 11) is 2.10. The smallest absolute Gasteiger partial charge is 0.171 e. The average Bonchev–Trinajstić information content (AvgIpc) is 2.42. The number of aromatic nitrogens is 2. The lowest BCUT2D eigenvalue weighted by molar-refractivity contribution is 0.313. The highest BCUT2D eigenvalue weighted by Gasteiger charge is 2.25. The Hall–Kier alpha value is -0.830. The van der Waals surface area contributed by atoms with Crippen LogP contribution in [0.25, 0.3) is 0 Å². The van der Waals surface area contributed by atoms with Gasteiger partial charge in [0.25, 0.3) is 0 Å². The van der Waals surface area contributed by atoms with E-state index in [1.807, 2.05) is 13.8 Å². The van der Waals surface area contributed by atoms with Gasteiger partial charge >= 0.3 is 0 Å². The molecule has 1 aliphatic rings. The summed E-state index contributed by atoms with van der Waals surface area (Å²) in [5, 5.41) is 0.531. The molecule has 1 fully saturated rings. The minimum Gasteiger partial charge on any atom is -0.354 e. The minimum absolute atomic E-state index is 0.531. The monoisotopic (exact) mass is 281 g/mol. The molecular formula is C15H24ClN3. The van der Waals surface area contributed by atoms with Gasteiger partial charge in [-0.1, -0.05) is 24.9 Å². The lowest BCUT2D eigenvalue weighted by atomic mass is 9.84. The van der Waals surface area contributed by atoms with E-state index in [1.165, 1.54) is 32.1 Å². The topological polar surface area (TPSA) is 29.0 Å². The number of hydrogen-bond acceptors (Lipinski definition) is 3. The van der Waals surface area contributed by atoms with E-state index in [-0.39, 0.29) is 0 Å². The van der Waals surface area contributed by atoms with E-state index >= 15 is 0 Å². The summed E-state index contributed by atoms with van der Waals surface area (Å²) in [6.07, 6.45) is 6.42. The van der Waals surface area contributed by atoms with Crippen LogP contribution in [0.5, 0.6) is 0 Å². The largest absolute Gasteiger partial charge is 0.354 e. The Labute approximate surface area is 121 Å². The van der Waals surface area contributed by atoms with E-state index in [0.29, 0.717) is 11.2 Å². The minimum atomic E-state index is 0.531. The van der Waals surface area contributed by atoms with Crippen LogP contribution < -0.4 is 4.90 Å². The molecule has 0 unspecified atom stereocenters. The maximum absolute atomic E-state index is 6.26. The van der Waals surface area contributed by atoms with E-state index in [2.05, 4.69) is 28.8 Å². The fourth-order valence-corrected chi connectivity index (χ4v) is 3.20. The number of hydrogen-bond donors (Lipinski definition) is 0. The van der Waals surface area contributed by atoms with Crippen molar-refractivity contribution in [1.29, 1.82) is 0 Å². The quantitative estimate of drug-likeness (QED) is 0.833. The van der Waals surface area contributed by atoms with Crippen molar-refractivity contribution in [3.63, 3.8) is 0 Å². The molecule has 0 aliphatic heterocycles. The van der Waals surface area contributed by atoms with Crippen LogP contribution in [0.4, 0.5) is 5.82 Å². The first-order chi connectivity index (χ1) is 9.02. The Morgan fingerprint density at radius 1 is 1.11 bits per heavy atom. The molecule has 1 aromatic heterocycles. The number of nitrogens with zero attached hydrogens (tertiary/aromatic N) is 3. The average molecular weight is 282 g/mol. The van der Waals surface area contributed by atoms with Crippen molar-refractivity contribution < 1.29 is 0 Å². The van der Waals surface area contributed by atoms with Gasteiger partial charge in [0.15, 0.2) is 11.0 Å². The summed E-state index contributed by atoms with van der Waals surface area (Å²) in [6.45, 7) is 6.23. The maximum Gasteiger partial charge on any atom is 0.171 e. The zero-order chi connectivity index (χ0) is 14.0. The first kappa shape index (κ1) is 14.6. The Morgan fingerprint density at radius 3 is 2.26 bits per heavy atom. The highest BCUT2D eigenvalue weighted by atomic mass is 35.5. The molecular weight excluding hydrogens is 258 g/mol. The normalized spacial score (nSPS) is 23.4. The van der Waals surface area contributed by atoms with Crippen LogP contribution in [0, 0.1) is 19.8 Å². The standard InChI is InChI=1S/C15H24ClN3/c1-5-12-6-8-13(9-7-12)19(4)15-14(16)17-10(2)11(3)18-15/h12-13H,5-9H2,1-4H3. The zero-order valence-electron chi connectivity index (χ0n) is 12.4. The second kappa shape index (κ2) is 6.08. The second-order valence-corrected chi connectivity index (χ2v) is 6.06.